The maximum atomic E-state index is 10.1. The second-order valence-corrected chi connectivity index (χ2v) is 17.5. The minimum absolute atomic E-state index is 0.613. The number of rotatable bonds is 3. The van der Waals surface area contributed by atoms with E-state index in [1.165, 1.54) is 10.8 Å². The van der Waals surface area contributed by atoms with E-state index in [1.54, 1.807) is 0 Å². The number of pyridine rings is 3. The predicted octanol–water partition coefficient (Wildman–Crippen LogP) is 13.5. The zero-order valence-corrected chi connectivity index (χ0v) is 35.6. The Bertz CT molecular complexity index is 4250. The van der Waals surface area contributed by atoms with Crippen molar-refractivity contribution in [3.05, 3.63) is 229 Å². The molecule has 0 N–H and O–H groups in total. The topological polar surface area (TPSA) is 86.5 Å². The third kappa shape index (κ3) is 4.61. The minimum atomic E-state index is -0.967. The molecule has 1 atom stereocenters. The monoisotopic (exact) mass is 855 g/mol. The molecule has 8 nitrogen and oxygen atoms in total. The number of fused-ring (bicyclic) bond motifs is 18. The van der Waals surface area contributed by atoms with Gasteiger partial charge in [0.2, 0.25) is 0 Å². The van der Waals surface area contributed by atoms with E-state index < -0.39 is 5.41 Å². The van der Waals surface area contributed by atoms with E-state index in [0.29, 0.717) is 5.56 Å². The average Bonchev–Trinajstić information content (AvgIpc) is 4.10. The molecule has 0 fully saturated rings. The van der Waals surface area contributed by atoms with E-state index in [0.717, 1.165) is 117 Å². The highest BCUT2D eigenvalue weighted by Gasteiger charge is 2.54. The maximum absolute atomic E-state index is 10.1. The molecule has 8 heteroatoms. The summed E-state index contributed by atoms with van der Waals surface area (Å²) in [7, 11) is 0. The molecule has 67 heavy (non-hydrogen) atoms. The first-order valence-electron chi connectivity index (χ1n) is 22.4. The summed E-state index contributed by atoms with van der Waals surface area (Å²) in [6, 6.07) is 64.3. The third-order valence-electron chi connectivity index (χ3n) is 14.3. The van der Waals surface area contributed by atoms with Crippen molar-refractivity contribution in [3.63, 3.8) is 0 Å². The second-order valence-electron chi connectivity index (χ2n) is 17.5. The summed E-state index contributed by atoms with van der Waals surface area (Å²) >= 11 is 0. The van der Waals surface area contributed by atoms with E-state index in [4.69, 9.17) is 14.7 Å². The second kappa shape index (κ2) is 13.1. The molecule has 1 spiro atoms. The molecule has 0 saturated carbocycles. The summed E-state index contributed by atoms with van der Waals surface area (Å²) in [6.45, 7) is 0. The minimum Gasteiger partial charge on any atom is -0.457 e. The predicted molar refractivity (Wildman–Crippen MR) is 265 cm³/mol. The molecule has 0 radical (unpaired) electrons. The quantitative estimate of drug-likeness (QED) is 0.177. The zero-order valence-electron chi connectivity index (χ0n) is 35.6. The summed E-state index contributed by atoms with van der Waals surface area (Å²) < 4.78 is 14.3. The standard InChI is InChI=1S/C59H33N7O/c60-32-35-22-25-51-43(29-35)41-14-4-8-19-50(41)66(51)52-20-9-21-54-56(52)59(44-24-23-36(31-55(44)67-54)64-47-16-5-3-13-40(47)42-26-28-61-34-53(42)64)45-15-10-27-62-57(45)58-46(59)30-37(33-63-58)65-48-17-6-1-11-38(48)39-12-2-7-18-49(39)65/h1-31,33-34H. The van der Waals surface area contributed by atoms with Gasteiger partial charge in [0.05, 0.1) is 85.3 Å². The van der Waals surface area contributed by atoms with E-state index in [9.17, 15) is 5.26 Å². The van der Waals surface area contributed by atoms with Gasteiger partial charge in [-0.25, -0.2) is 0 Å². The van der Waals surface area contributed by atoms with E-state index >= 15 is 0 Å². The molecule has 1 unspecified atom stereocenters. The molecule has 310 valence electrons. The fourth-order valence-electron chi connectivity index (χ4n) is 11.7. The van der Waals surface area contributed by atoms with Crippen LogP contribution in [0.2, 0.25) is 0 Å². The van der Waals surface area contributed by atoms with Crippen molar-refractivity contribution in [3.8, 4) is 46.0 Å². The van der Waals surface area contributed by atoms with Gasteiger partial charge in [-0.2, -0.15) is 5.26 Å². The SMILES string of the molecule is N#Cc1ccc2c(c1)c1ccccc1n2-c1cccc2c1C1(c3ccc(-n4c5ccccc5c5ccncc54)cc3O2)c2cccnc2-c2ncc(-n3c4ccccc4c4ccccc43)cc21. The van der Waals surface area contributed by atoms with Crippen LogP contribution >= 0.6 is 0 Å². The van der Waals surface area contributed by atoms with Crippen LogP contribution in [0.1, 0.15) is 27.8 Å². The Balaban J connectivity index is 1.08. The third-order valence-corrected chi connectivity index (χ3v) is 14.3. The highest BCUT2D eigenvalue weighted by molar-refractivity contribution is 6.12. The van der Waals surface area contributed by atoms with Crippen LogP contribution in [0, 0.1) is 11.3 Å². The van der Waals surface area contributed by atoms with Crippen molar-refractivity contribution < 1.29 is 4.74 Å². The van der Waals surface area contributed by atoms with Crippen LogP contribution in [-0.2, 0) is 5.41 Å². The van der Waals surface area contributed by atoms with E-state index in [1.807, 2.05) is 43.0 Å². The lowest BCUT2D eigenvalue weighted by atomic mass is 9.65. The van der Waals surface area contributed by atoms with Crippen LogP contribution in [0.3, 0.4) is 0 Å². The maximum Gasteiger partial charge on any atom is 0.134 e. The fraction of sp³-hybridized carbons (Fsp3) is 0.0169. The summed E-state index contributed by atoms with van der Waals surface area (Å²) in [5, 5.41) is 16.8. The molecule has 15 rings (SSSR count). The van der Waals surface area contributed by atoms with Crippen LogP contribution in [0.25, 0.3) is 93.9 Å². The van der Waals surface area contributed by atoms with Crippen LogP contribution < -0.4 is 4.74 Å². The molecule has 1 aliphatic carbocycles. The summed E-state index contributed by atoms with van der Waals surface area (Å²) in [5.74, 6) is 1.47. The zero-order chi connectivity index (χ0) is 44.0. The van der Waals surface area contributed by atoms with Gasteiger partial charge in [0.1, 0.15) is 11.5 Å². The Labute approximate surface area is 382 Å². The van der Waals surface area contributed by atoms with Crippen molar-refractivity contribution in [2.45, 2.75) is 5.41 Å². The summed E-state index contributed by atoms with van der Waals surface area (Å²) in [6.07, 6.45) is 7.68. The van der Waals surface area contributed by atoms with Gasteiger partial charge in [-0.05, 0) is 84.4 Å². The smallest absolute Gasteiger partial charge is 0.134 e. The first-order chi connectivity index (χ1) is 33.2. The molecule has 0 bridgehead atoms. The molecule has 0 saturated heterocycles. The van der Waals surface area contributed by atoms with Gasteiger partial charge in [0.15, 0.2) is 0 Å². The number of benzene rings is 7. The highest BCUT2D eigenvalue weighted by atomic mass is 16.5. The molecule has 7 aromatic carbocycles. The van der Waals surface area contributed by atoms with Gasteiger partial charge < -0.3 is 18.4 Å². The molecular formula is C59H33N7O. The number of nitrogens with zero attached hydrogens (tertiary/aromatic N) is 7. The van der Waals surface area contributed by atoms with Crippen molar-refractivity contribution >= 4 is 65.4 Å². The molecule has 2 aliphatic rings. The fourth-order valence-corrected chi connectivity index (χ4v) is 11.7. The number of hydrogen-bond donors (Lipinski definition) is 0. The first kappa shape index (κ1) is 36.1. The van der Waals surface area contributed by atoms with Crippen LogP contribution in [-0.4, -0.2) is 28.7 Å². The highest BCUT2D eigenvalue weighted by Crippen LogP contribution is 2.63. The van der Waals surface area contributed by atoms with Crippen molar-refractivity contribution in [2.75, 3.05) is 0 Å². The van der Waals surface area contributed by atoms with Gasteiger partial charge >= 0.3 is 0 Å². The molecular weight excluding hydrogens is 823 g/mol. The molecule has 6 aromatic heterocycles. The van der Waals surface area contributed by atoms with Crippen molar-refractivity contribution in [1.29, 1.82) is 5.26 Å². The van der Waals surface area contributed by atoms with Crippen molar-refractivity contribution in [1.82, 2.24) is 28.7 Å². The summed E-state index contributed by atoms with van der Waals surface area (Å²) in [4.78, 5) is 15.2. The van der Waals surface area contributed by atoms with E-state index in [2.05, 4.69) is 182 Å². The summed E-state index contributed by atoms with van der Waals surface area (Å²) in [5.41, 5.74) is 14.5. The van der Waals surface area contributed by atoms with Gasteiger partial charge in [0.25, 0.3) is 0 Å². The molecule has 0 amide bonds. The van der Waals surface area contributed by atoms with Crippen molar-refractivity contribution in [2.24, 2.45) is 0 Å². The Kier molecular flexibility index (Phi) is 7.07. The molecule has 1 aliphatic heterocycles. The molecule has 7 heterocycles. The lowest BCUT2D eigenvalue weighted by Crippen LogP contribution is -2.34. The number of ether oxygens (including phenoxy) is 1. The van der Waals surface area contributed by atoms with Crippen LogP contribution in [0.5, 0.6) is 11.5 Å². The van der Waals surface area contributed by atoms with Gasteiger partial charge in [0, 0.05) is 73.2 Å². The number of aromatic nitrogens is 6. The number of nitriles is 1. The number of hydrogen-bond acceptors (Lipinski definition) is 5. The normalized spacial score (nSPS) is 14.7. The Hall–Kier alpha value is -9.32. The lowest BCUT2D eigenvalue weighted by molar-refractivity contribution is 0.435. The molecule has 13 aromatic rings. The van der Waals surface area contributed by atoms with Crippen LogP contribution in [0.4, 0.5) is 0 Å². The number of para-hydroxylation sites is 4. The van der Waals surface area contributed by atoms with Gasteiger partial charge in [-0.1, -0.05) is 91.0 Å². The Morgan fingerprint density at radius 3 is 1.81 bits per heavy atom. The average molecular weight is 856 g/mol. The van der Waals surface area contributed by atoms with Gasteiger partial charge in [-0.15, -0.1) is 0 Å². The van der Waals surface area contributed by atoms with E-state index in [-0.39, 0.29) is 0 Å². The Morgan fingerprint density at radius 2 is 1.07 bits per heavy atom. The lowest BCUT2D eigenvalue weighted by Gasteiger charge is -2.40. The van der Waals surface area contributed by atoms with Crippen LogP contribution in [0.15, 0.2) is 201 Å². The Morgan fingerprint density at radius 1 is 0.433 bits per heavy atom. The van der Waals surface area contributed by atoms with Gasteiger partial charge in [-0.3, -0.25) is 15.0 Å². The first-order valence-corrected chi connectivity index (χ1v) is 22.4. The largest absolute Gasteiger partial charge is 0.457 e.